The van der Waals surface area contributed by atoms with Crippen molar-refractivity contribution in [3.05, 3.63) is 165 Å². The van der Waals surface area contributed by atoms with Gasteiger partial charge in [0, 0.05) is 44.3 Å². The summed E-state index contributed by atoms with van der Waals surface area (Å²) in [5.74, 6) is -0.885. The van der Waals surface area contributed by atoms with Gasteiger partial charge in [-0.05, 0) is 133 Å². The Bertz CT molecular complexity index is 3330. The topological polar surface area (TPSA) is 94.7 Å². The summed E-state index contributed by atoms with van der Waals surface area (Å²) in [6, 6.07) is 39.5. The van der Waals surface area contributed by atoms with Crippen molar-refractivity contribution in [2.45, 2.75) is 118 Å². The number of rotatable bonds is 6. The van der Waals surface area contributed by atoms with Crippen molar-refractivity contribution in [3.63, 3.8) is 0 Å². The average Bonchev–Trinajstić information content (AvgIpc) is 4.12. The SMILES string of the molecule is Cc1cc(C(C)(C)C)cc(CC(=O)O)c1-c1c2nc(c(-c3ccc(C(C)(C)C)cc3)c3ccc([nH]3)c(-c3ccc(C(C)(C)C)cc3)c3nc(c(-c4ccc(C(C)(C)C)cc4)c4ccc1[nH]4)C=C3)C=C2. The molecule has 0 spiro atoms. The number of benzene rings is 4. The molecule has 0 saturated carbocycles. The zero-order valence-electron chi connectivity index (χ0n) is 42.7. The van der Waals surface area contributed by atoms with E-state index in [0.717, 1.165) is 106 Å². The lowest BCUT2D eigenvalue weighted by Gasteiger charge is -2.23. The van der Waals surface area contributed by atoms with Crippen LogP contribution in [0.4, 0.5) is 0 Å². The minimum absolute atomic E-state index is 0.00220. The fourth-order valence-electron chi connectivity index (χ4n) is 9.74. The minimum Gasteiger partial charge on any atom is -0.481 e. The van der Waals surface area contributed by atoms with Crippen LogP contribution in [0.2, 0.25) is 0 Å². The third-order valence-electron chi connectivity index (χ3n) is 13.7. The van der Waals surface area contributed by atoms with Crippen molar-refractivity contribution in [3.8, 4) is 44.5 Å². The second kappa shape index (κ2) is 17.2. The number of nitrogens with one attached hydrogen (secondary N) is 2. The Labute approximate surface area is 408 Å². The molecule has 0 aliphatic carbocycles. The Balaban J connectivity index is 1.46. The van der Waals surface area contributed by atoms with Gasteiger partial charge in [0.2, 0.25) is 0 Å². The number of H-pyrrole nitrogens is 2. The summed E-state index contributed by atoms with van der Waals surface area (Å²) in [6.45, 7) is 28.8. The number of carboxylic acids is 1. The van der Waals surface area contributed by atoms with Crippen molar-refractivity contribution < 1.29 is 9.90 Å². The highest BCUT2D eigenvalue weighted by Gasteiger charge is 2.25. The first-order valence-electron chi connectivity index (χ1n) is 24.3. The highest BCUT2D eigenvalue weighted by atomic mass is 16.4. The molecule has 3 N–H and O–H groups in total. The molecule has 2 aliphatic heterocycles. The van der Waals surface area contributed by atoms with Crippen molar-refractivity contribution in [2.75, 3.05) is 0 Å². The van der Waals surface area contributed by atoms with E-state index in [0.29, 0.717) is 0 Å². The lowest BCUT2D eigenvalue weighted by molar-refractivity contribution is -0.136. The lowest BCUT2D eigenvalue weighted by Crippen LogP contribution is -2.14. The summed E-state index contributed by atoms with van der Waals surface area (Å²) >= 11 is 0. The van der Waals surface area contributed by atoms with Gasteiger partial charge in [-0.25, -0.2) is 9.97 Å². The summed E-state index contributed by atoms with van der Waals surface area (Å²) in [7, 11) is 0. The Kier molecular flexibility index (Phi) is 11.7. The third-order valence-corrected chi connectivity index (χ3v) is 13.7. The fourth-order valence-corrected chi connectivity index (χ4v) is 9.74. The van der Waals surface area contributed by atoms with E-state index in [2.05, 4.69) is 233 Å². The van der Waals surface area contributed by atoms with Gasteiger partial charge in [0.1, 0.15) is 0 Å². The lowest BCUT2D eigenvalue weighted by atomic mass is 9.81. The van der Waals surface area contributed by atoms with Crippen LogP contribution in [-0.2, 0) is 32.9 Å². The van der Waals surface area contributed by atoms with Crippen LogP contribution in [0.15, 0.2) is 109 Å². The molecule has 5 heterocycles. The zero-order valence-corrected chi connectivity index (χ0v) is 42.7. The van der Waals surface area contributed by atoms with Crippen molar-refractivity contribution in [1.82, 2.24) is 19.9 Å². The number of aryl methyl sites for hydroxylation is 1. The molecule has 3 aromatic heterocycles. The van der Waals surface area contributed by atoms with Crippen LogP contribution in [0, 0.1) is 6.92 Å². The molecule has 350 valence electrons. The van der Waals surface area contributed by atoms with Crippen LogP contribution in [0.25, 0.3) is 90.9 Å². The molecule has 9 rings (SSSR count). The number of hydrogen-bond donors (Lipinski definition) is 3. The Morgan fingerprint density at radius 3 is 1.03 bits per heavy atom. The standard InChI is InChI=1S/C63H66N4O2/c1-37-34-45(63(11,12)13)35-41(36-54(68)69)55(37)59-52-32-30-50(66-52)57(39-16-22-43(23-17-39)61(5,6)7)48-28-26-46(64-48)56(38-14-20-42(21-15-38)60(2,3)4)47-27-29-49(65-47)58(51-31-33-53(59)67-51)40-18-24-44(25-19-40)62(8,9)10/h14-35,64,67H,36H2,1-13H3,(H,68,69). The quantitative estimate of drug-likeness (QED) is 0.155. The molecular weight excluding hydrogens is 845 g/mol. The van der Waals surface area contributed by atoms with E-state index < -0.39 is 5.97 Å². The molecule has 0 unspecified atom stereocenters. The number of hydrogen-bond acceptors (Lipinski definition) is 3. The first kappa shape index (κ1) is 47.0. The molecule has 0 radical (unpaired) electrons. The van der Waals surface area contributed by atoms with Gasteiger partial charge in [0.25, 0.3) is 0 Å². The molecule has 0 fully saturated rings. The van der Waals surface area contributed by atoms with Gasteiger partial charge in [-0.15, -0.1) is 0 Å². The van der Waals surface area contributed by atoms with Crippen molar-refractivity contribution in [2.24, 2.45) is 0 Å². The Hall–Kier alpha value is -7.05. The number of carboxylic acid groups (broad SMARTS) is 1. The predicted octanol–water partition coefficient (Wildman–Crippen LogP) is 16.4. The second-order valence-electron chi connectivity index (χ2n) is 23.1. The maximum Gasteiger partial charge on any atom is 0.307 e. The molecule has 8 bridgehead atoms. The molecule has 0 amide bonds. The van der Waals surface area contributed by atoms with Gasteiger partial charge in [-0.3, -0.25) is 4.79 Å². The normalized spacial score (nSPS) is 13.1. The maximum absolute atomic E-state index is 12.8. The van der Waals surface area contributed by atoms with Gasteiger partial charge in [0.05, 0.1) is 29.2 Å². The highest BCUT2D eigenvalue weighted by molar-refractivity contribution is 6.01. The van der Waals surface area contributed by atoms with E-state index in [1.54, 1.807) is 0 Å². The number of aliphatic carboxylic acids is 1. The van der Waals surface area contributed by atoms with Crippen LogP contribution in [0.3, 0.4) is 0 Å². The second-order valence-corrected chi connectivity index (χ2v) is 23.1. The van der Waals surface area contributed by atoms with Gasteiger partial charge >= 0.3 is 5.97 Å². The van der Waals surface area contributed by atoms with Crippen molar-refractivity contribution >= 4 is 52.3 Å². The van der Waals surface area contributed by atoms with E-state index in [9.17, 15) is 9.90 Å². The number of aromatic amines is 2. The van der Waals surface area contributed by atoms with E-state index in [1.165, 1.54) is 16.7 Å². The van der Waals surface area contributed by atoms with Gasteiger partial charge < -0.3 is 15.1 Å². The Morgan fingerprint density at radius 1 is 0.420 bits per heavy atom. The average molecular weight is 911 g/mol. The highest BCUT2D eigenvalue weighted by Crippen LogP contribution is 2.42. The molecular formula is C63H66N4O2. The number of fused-ring (bicyclic) bond motifs is 8. The van der Waals surface area contributed by atoms with Crippen LogP contribution in [-0.4, -0.2) is 31.0 Å². The van der Waals surface area contributed by atoms with E-state index in [4.69, 9.17) is 9.97 Å². The molecule has 7 aromatic rings. The van der Waals surface area contributed by atoms with Gasteiger partial charge in [-0.1, -0.05) is 168 Å². The predicted molar refractivity (Wildman–Crippen MR) is 291 cm³/mol. The summed E-state index contributed by atoms with van der Waals surface area (Å²) in [6.07, 6.45) is 8.34. The summed E-state index contributed by atoms with van der Waals surface area (Å²) in [5.41, 5.74) is 20.9. The summed E-state index contributed by atoms with van der Waals surface area (Å²) < 4.78 is 0. The van der Waals surface area contributed by atoms with Gasteiger partial charge in [0.15, 0.2) is 0 Å². The number of carbonyl (C=O) groups is 1. The number of nitrogens with zero attached hydrogens (tertiary/aromatic N) is 2. The van der Waals surface area contributed by atoms with E-state index in [1.807, 2.05) is 0 Å². The summed E-state index contributed by atoms with van der Waals surface area (Å²) in [5, 5.41) is 10.5. The molecule has 6 nitrogen and oxygen atoms in total. The molecule has 0 saturated heterocycles. The first-order valence-corrected chi connectivity index (χ1v) is 24.3. The third kappa shape index (κ3) is 9.30. The molecule has 4 aromatic carbocycles. The first-order chi connectivity index (χ1) is 32.4. The van der Waals surface area contributed by atoms with Crippen LogP contribution < -0.4 is 0 Å². The van der Waals surface area contributed by atoms with Crippen LogP contribution in [0.1, 0.15) is 139 Å². The monoisotopic (exact) mass is 911 g/mol. The molecule has 2 aliphatic rings. The zero-order chi connectivity index (χ0) is 49.4. The molecule has 69 heavy (non-hydrogen) atoms. The van der Waals surface area contributed by atoms with Gasteiger partial charge in [-0.2, -0.15) is 0 Å². The Morgan fingerprint density at radius 2 is 0.725 bits per heavy atom. The van der Waals surface area contributed by atoms with Crippen LogP contribution in [0.5, 0.6) is 0 Å². The minimum atomic E-state index is -0.885. The fraction of sp³-hybridized carbons (Fsp3) is 0.286. The molecule has 0 atom stereocenters. The van der Waals surface area contributed by atoms with E-state index >= 15 is 0 Å². The van der Waals surface area contributed by atoms with Crippen molar-refractivity contribution in [1.29, 1.82) is 0 Å². The smallest absolute Gasteiger partial charge is 0.307 e. The molecule has 6 heteroatoms. The van der Waals surface area contributed by atoms with E-state index in [-0.39, 0.29) is 28.1 Å². The largest absolute Gasteiger partial charge is 0.481 e. The van der Waals surface area contributed by atoms with Crippen LogP contribution >= 0.6 is 0 Å². The summed E-state index contributed by atoms with van der Waals surface area (Å²) in [4.78, 5) is 31.7. The number of aromatic nitrogens is 4. The maximum atomic E-state index is 12.8.